The van der Waals surface area contributed by atoms with Crippen LogP contribution in [0, 0.1) is 5.82 Å². The number of thioether (sulfide) groups is 1. The zero-order valence-electron chi connectivity index (χ0n) is 12.7. The number of halogens is 1. The molecule has 6 heteroatoms. The van der Waals surface area contributed by atoms with E-state index in [1.54, 1.807) is 21.7 Å². The van der Waals surface area contributed by atoms with Gasteiger partial charge in [-0.1, -0.05) is 30.3 Å². The Morgan fingerprint density at radius 3 is 2.54 bits per heavy atom. The average molecular weight is 339 g/mol. The molecule has 1 aromatic heterocycles. The number of rotatable bonds is 3. The zero-order chi connectivity index (χ0) is 16.5. The van der Waals surface area contributed by atoms with Gasteiger partial charge in [0.15, 0.2) is 5.82 Å². The molecule has 0 spiro atoms. The van der Waals surface area contributed by atoms with Gasteiger partial charge in [-0.25, -0.2) is 9.07 Å². The van der Waals surface area contributed by atoms with Crippen LogP contribution in [-0.2, 0) is 4.79 Å². The third-order valence-electron chi connectivity index (χ3n) is 3.87. The molecular formula is C18H14FN3OS. The smallest absolute Gasteiger partial charge is 0.239 e. The second-order valence-corrected chi connectivity index (χ2v) is 6.50. The lowest BCUT2D eigenvalue weighted by Gasteiger charge is -2.21. The minimum absolute atomic E-state index is 0.00707. The number of carbonyl (C=O) groups is 1. The Morgan fingerprint density at radius 2 is 1.79 bits per heavy atom. The number of carbonyl (C=O) groups excluding carboxylic acids is 1. The van der Waals surface area contributed by atoms with Crippen LogP contribution >= 0.6 is 11.8 Å². The van der Waals surface area contributed by atoms with Crippen molar-refractivity contribution < 1.29 is 9.18 Å². The van der Waals surface area contributed by atoms with E-state index in [-0.39, 0.29) is 17.1 Å². The van der Waals surface area contributed by atoms with Gasteiger partial charge in [0.25, 0.3) is 0 Å². The lowest BCUT2D eigenvalue weighted by Crippen LogP contribution is -2.28. The molecule has 2 aromatic carbocycles. The number of hydrogen-bond acceptors (Lipinski definition) is 3. The molecule has 1 aliphatic heterocycles. The fourth-order valence-corrected chi connectivity index (χ4v) is 3.88. The molecule has 3 aromatic rings. The minimum Gasteiger partial charge on any atom is -0.278 e. The highest BCUT2D eigenvalue weighted by molar-refractivity contribution is 8.00. The molecule has 0 N–H and O–H groups in total. The van der Waals surface area contributed by atoms with Crippen LogP contribution in [0.4, 0.5) is 10.2 Å². The third-order valence-corrected chi connectivity index (χ3v) is 5.08. The molecule has 1 aliphatic rings. The Balaban J connectivity index is 1.67. The van der Waals surface area contributed by atoms with Crippen molar-refractivity contribution in [3.05, 3.63) is 78.2 Å². The standard InChI is InChI=1S/C18H14FN3OS/c19-14-8-6-13(7-9-14)18-22(17(23)12-24-18)16-10-11-21(20-16)15-4-2-1-3-5-15/h1-11,18H,12H2. The summed E-state index contributed by atoms with van der Waals surface area (Å²) in [5, 5.41) is 4.36. The van der Waals surface area contributed by atoms with E-state index in [4.69, 9.17) is 0 Å². The van der Waals surface area contributed by atoms with E-state index in [0.717, 1.165) is 11.3 Å². The Kier molecular flexibility index (Phi) is 3.82. The van der Waals surface area contributed by atoms with E-state index < -0.39 is 0 Å². The Hall–Kier alpha value is -2.60. The fraction of sp³-hybridized carbons (Fsp3) is 0.111. The molecule has 24 heavy (non-hydrogen) atoms. The largest absolute Gasteiger partial charge is 0.278 e. The summed E-state index contributed by atoms with van der Waals surface area (Å²) in [6.45, 7) is 0. The van der Waals surface area contributed by atoms with E-state index in [1.165, 1.54) is 23.9 Å². The van der Waals surface area contributed by atoms with Crippen LogP contribution in [0.2, 0.25) is 0 Å². The van der Waals surface area contributed by atoms with Crippen LogP contribution in [0.25, 0.3) is 5.69 Å². The van der Waals surface area contributed by atoms with E-state index in [9.17, 15) is 9.18 Å². The first-order chi connectivity index (χ1) is 11.7. The Bertz CT molecular complexity index is 863. The summed E-state index contributed by atoms with van der Waals surface area (Å²) in [5.41, 5.74) is 1.82. The van der Waals surface area contributed by atoms with Crippen molar-refractivity contribution in [3.8, 4) is 5.69 Å². The molecule has 4 nitrogen and oxygen atoms in total. The van der Waals surface area contributed by atoms with Crippen molar-refractivity contribution in [2.45, 2.75) is 5.37 Å². The second-order valence-electron chi connectivity index (χ2n) is 5.43. The molecule has 4 rings (SSSR count). The molecule has 1 unspecified atom stereocenters. The predicted molar refractivity (Wildman–Crippen MR) is 92.6 cm³/mol. The van der Waals surface area contributed by atoms with Gasteiger partial charge in [-0.3, -0.25) is 9.69 Å². The van der Waals surface area contributed by atoms with Crippen LogP contribution < -0.4 is 4.90 Å². The van der Waals surface area contributed by atoms with Crippen molar-refractivity contribution in [2.75, 3.05) is 10.7 Å². The predicted octanol–water partition coefficient (Wildman–Crippen LogP) is 3.79. The number of amides is 1. The summed E-state index contributed by atoms with van der Waals surface area (Å²) in [7, 11) is 0. The van der Waals surface area contributed by atoms with Gasteiger partial charge in [-0.15, -0.1) is 16.9 Å². The molecule has 2 heterocycles. The van der Waals surface area contributed by atoms with Gasteiger partial charge in [0, 0.05) is 12.3 Å². The highest BCUT2D eigenvalue weighted by Crippen LogP contribution is 2.41. The summed E-state index contributed by atoms with van der Waals surface area (Å²) in [6.07, 6.45) is 1.84. The van der Waals surface area contributed by atoms with Crippen LogP contribution in [0.1, 0.15) is 10.9 Å². The highest BCUT2D eigenvalue weighted by Gasteiger charge is 2.35. The summed E-state index contributed by atoms with van der Waals surface area (Å²) >= 11 is 1.52. The molecule has 1 saturated heterocycles. The summed E-state index contributed by atoms with van der Waals surface area (Å²) in [5.74, 6) is 0.712. The van der Waals surface area contributed by atoms with E-state index in [1.807, 2.05) is 42.6 Å². The number of nitrogens with zero attached hydrogens (tertiary/aromatic N) is 3. The summed E-state index contributed by atoms with van der Waals surface area (Å²) in [4.78, 5) is 14.0. The van der Waals surface area contributed by atoms with Crippen LogP contribution in [-0.4, -0.2) is 21.4 Å². The van der Waals surface area contributed by atoms with Crippen molar-refractivity contribution in [1.82, 2.24) is 9.78 Å². The number of aromatic nitrogens is 2. The van der Waals surface area contributed by atoms with Gasteiger partial charge >= 0.3 is 0 Å². The first-order valence-electron chi connectivity index (χ1n) is 7.52. The second kappa shape index (κ2) is 6.13. The van der Waals surface area contributed by atoms with Crippen LogP contribution in [0.5, 0.6) is 0 Å². The fourth-order valence-electron chi connectivity index (χ4n) is 2.71. The lowest BCUT2D eigenvalue weighted by atomic mass is 10.2. The van der Waals surface area contributed by atoms with Crippen LogP contribution in [0.3, 0.4) is 0 Å². The normalized spacial score (nSPS) is 17.5. The van der Waals surface area contributed by atoms with Gasteiger partial charge in [0.2, 0.25) is 5.91 Å². The van der Waals surface area contributed by atoms with Gasteiger partial charge in [-0.2, -0.15) is 0 Å². The third kappa shape index (κ3) is 2.69. The topological polar surface area (TPSA) is 38.1 Å². The Labute approximate surface area is 142 Å². The maximum absolute atomic E-state index is 13.2. The van der Waals surface area contributed by atoms with Crippen molar-refractivity contribution in [2.24, 2.45) is 0 Å². The molecule has 0 aliphatic carbocycles. The van der Waals surface area contributed by atoms with Crippen LogP contribution in [0.15, 0.2) is 66.9 Å². The van der Waals surface area contributed by atoms with Gasteiger partial charge in [-0.05, 0) is 29.8 Å². The highest BCUT2D eigenvalue weighted by atomic mass is 32.2. The maximum Gasteiger partial charge on any atom is 0.239 e. The molecule has 120 valence electrons. The summed E-state index contributed by atoms with van der Waals surface area (Å²) in [6, 6.07) is 17.8. The zero-order valence-corrected chi connectivity index (χ0v) is 13.5. The van der Waals surface area contributed by atoms with E-state index in [0.29, 0.717) is 11.6 Å². The number of para-hydroxylation sites is 1. The molecule has 0 saturated carbocycles. The van der Waals surface area contributed by atoms with Gasteiger partial charge < -0.3 is 0 Å². The maximum atomic E-state index is 13.2. The van der Waals surface area contributed by atoms with E-state index in [2.05, 4.69) is 5.10 Å². The number of benzene rings is 2. The average Bonchev–Trinajstić information content (AvgIpc) is 3.23. The first kappa shape index (κ1) is 15.0. The molecule has 1 fully saturated rings. The van der Waals surface area contributed by atoms with E-state index >= 15 is 0 Å². The van der Waals surface area contributed by atoms with Crippen molar-refractivity contribution in [3.63, 3.8) is 0 Å². The van der Waals surface area contributed by atoms with Gasteiger partial charge in [0.05, 0.1) is 11.4 Å². The lowest BCUT2D eigenvalue weighted by molar-refractivity contribution is -0.115. The molecule has 1 amide bonds. The van der Waals surface area contributed by atoms with Gasteiger partial charge in [0.1, 0.15) is 11.2 Å². The summed E-state index contributed by atoms with van der Waals surface area (Å²) < 4.78 is 14.9. The number of anilines is 1. The van der Waals surface area contributed by atoms with Crippen molar-refractivity contribution >= 4 is 23.5 Å². The minimum atomic E-state index is -0.284. The molecule has 0 bridgehead atoms. The number of hydrogen-bond donors (Lipinski definition) is 0. The monoisotopic (exact) mass is 339 g/mol. The van der Waals surface area contributed by atoms with Crippen molar-refractivity contribution in [1.29, 1.82) is 0 Å². The quantitative estimate of drug-likeness (QED) is 0.729. The molecular weight excluding hydrogens is 325 g/mol. The molecule has 1 atom stereocenters. The SMILES string of the molecule is O=C1CSC(c2ccc(F)cc2)N1c1ccn(-c2ccccc2)n1. The molecule has 0 radical (unpaired) electrons. The first-order valence-corrected chi connectivity index (χ1v) is 8.57. The Morgan fingerprint density at radius 1 is 1.04 bits per heavy atom.